The number of amides is 2. The molecule has 0 saturated carbocycles. The molecule has 1 aromatic heterocycles. The highest BCUT2D eigenvalue weighted by Crippen LogP contribution is 2.41. The summed E-state index contributed by atoms with van der Waals surface area (Å²) in [7, 11) is 0. The van der Waals surface area contributed by atoms with Gasteiger partial charge in [-0.25, -0.2) is 11.6 Å². The van der Waals surface area contributed by atoms with Gasteiger partial charge < -0.3 is 53.5 Å². The zero-order valence-corrected chi connectivity index (χ0v) is 46.2. The Bertz CT molecular complexity index is 2600. The first-order valence-electron chi connectivity index (χ1n) is 26.1. The zero-order valence-electron chi connectivity index (χ0n) is 43.8. The van der Waals surface area contributed by atoms with E-state index in [1.165, 1.54) is 0 Å². The Morgan fingerprint density at radius 2 is 1.36 bits per heavy atom. The first-order valence-corrected chi connectivity index (χ1v) is 27.3. The molecule has 2 heterocycles. The molecule has 2 amide bonds. The fourth-order valence-electron chi connectivity index (χ4n) is 8.79. The van der Waals surface area contributed by atoms with Crippen LogP contribution in [0.5, 0.6) is 5.75 Å². The third-order valence-corrected chi connectivity index (χ3v) is 13.3. The summed E-state index contributed by atoms with van der Waals surface area (Å²) in [5.74, 6) is 0.470. The molecule has 2 unspecified atom stereocenters. The van der Waals surface area contributed by atoms with Crippen LogP contribution in [0, 0.1) is 6.57 Å². The van der Waals surface area contributed by atoms with E-state index in [9.17, 15) is 14.4 Å². The minimum atomic E-state index is -0.862. The largest absolute Gasteiger partial charge is 0.491 e. The molecule has 15 nitrogen and oxygen atoms in total. The monoisotopic (exact) mass is 1120 g/mol. The fourth-order valence-corrected chi connectivity index (χ4v) is 9.30. The van der Waals surface area contributed by atoms with Crippen LogP contribution < -0.4 is 20.3 Å². The number of halogens is 2. The van der Waals surface area contributed by atoms with E-state index in [2.05, 4.69) is 56.3 Å². The number of nitrogens with zero attached hydrogens (tertiary/aromatic N) is 3. The van der Waals surface area contributed by atoms with E-state index in [-0.39, 0.29) is 42.1 Å². The Hall–Kier alpha value is -5.74. The van der Waals surface area contributed by atoms with Crippen LogP contribution in [0.2, 0.25) is 5.02 Å². The number of nitrogens with one attached hydrogen (secondary N) is 2. The van der Waals surface area contributed by atoms with Crippen molar-refractivity contribution < 1.29 is 47.5 Å². The molecule has 5 aromatic rings. The molecule has 406 valence electrons. The minimum absolute atomic E-state index is 0.00374. The first-order chi connectivity index (χ1) is 37.0. The van der Waals surface area contributed by atoms with E-state index in [4.69, 9.17) is 51.3 Å². The van der Waals surface area contributed by atoms with Crippen molar-refractivity contribution in [3.63, 3.8) is 0 Å². The summed E-state index contributed by atoms with van der Waals surface area (Å²) in [4.78, 5) is 48.6. The van der Waals surface area contributed by atoms with Crippen molar-refractivity contribution in [3.8, 4) is 16.9 Å². The molecular weight excluding hydrogens is 1050 g/mol. The number of hydrogen-bond donors (Lipinski definition) is 2. The van der Waals surface area contributed by atoms with Crippen molar-refractivity contribution in [1.29, 1.82) is 0 Å². The number of ketones is 1. The number of carbonyl (C=O) groups excluding carboxylic acids is 3. The van der Waals surface area contributed by atoms with Crippen molar-refractivity contribution in [2.45, 2.75) is 83.5 Å². The first kappa shape index (κ1) is 59.5. The average molecular weight is 1130 g/mol. The minimum Gasteiger partial charge on any atom is -0.491 e. The standard InChI is InChI=1S/C59H71BrClN5O10/c1-5-8-53(65-59(69)55(62-4)41-50-9-6-11-58(60)64-50)45-16-23-51(24-17-45)76-38-37-75-36-35-74-34-33-73-32-31-72-30-29-71-28-27-70-26-7-10-57(68)46-14-12-44(13-15-46)47-18-25-56-52(40-47)54(39-42(2)66(56)43(3)67)63-49-21-19-48(61)20-22-49/h6,9,11-25,40,42,53-55,63H,5,7-8,10,26-39,41H2,1-3H3,(H,65,69)/t42-,53?,54+,55?/m0/s1. The second-order valence-electron chi connectivity index (χ2n) is 18.3. The lowest BCUT2D eigenvalue weighted by molar-refractivity contribution is -0.122. The van der Waals surface area contributed by atoms with Crippen molar-refractivity contribution in [2.24, 2.45) is 0 Å². The second-order valence-corrected chi connectivity index (χ2v) is 19.5. The van der Waals surface area contributed by atoms with Crippen LogP contribution in [0.15, 0.2) is 114 Å². The Balaban J connectivity index is 0.728. The van der Waals surface area contributed by atoms with Crippen LogP contribution in [0.4, 0.5) is 11.4 Å². The van der Waals surface area contributed by atoms with Crippen LogP contribution in [0.3, 0.4) is 0 Å². The number of pyridine rings is 1. The lowest BCUT2D eigenvalue weighted by Crippen LogP contribution is -2.43. The van der Waals surface area contributed by atoms with Gasteiger partial charge in [-0.2, -0.15) is 0 Å². The molecule has 2 N–H and O–H groups in total. The summed E-state index contributed by atoms with van der Waals surface area (Å²) in [6, 6.07) is 33.6. The predicted octanol–water partition coefficient (Wildman–Crippen LogP) is 11.1. The molecule has 1 aliphatic heterocycles. The lowest BCUT2D eigenvalue weighted by atomic mass is 9.88. The fraction of sp³-hybridized carbons (Fsp3) is 0.441. The van der Waals surface area contributed by atoms with Gasteiger partial charge in [0.2, 0.25) is 5.91 Å². The Morgan fingerprint density at radius 1 is 0.763 bits per heavy atom. The molecule has 0 fully saturated rings. The summed E-state index contributed by atoms with van der Waals surface area (Å²) in [6.45, 7) is 19.0. The second kappa shape index (κ2) is 32.8. The van der Waals surface area contributed by atoms with Crippen LogP contribution >= 0.6 is 27.5 Å². The third kappa shape index (κ3) is 19.7. The van der Waals surface area contributed by atoms with Gasteiger partial charge in [0.25, 0.3) is 0 Å². The maximum atomic E-state index is 13.1. The van der Waals surface area contributed by atoms with Crippen molar-refractivity contribution in [2.75, 3.05) is 96.1 Å². The van der Waals surface area contributed by atoms with Gasteiger partial charge in [-0.1, -0.05) is 73.5 Å². The molecule has 4 aromatic carbocycles. The van der Waals surface area contributed by atoms with E-state index >= 15 is 0 Å². The lowest BCUT2D eigenvalue weighted by Gasteiger charge is -2.39. The molecule has 6 rings (SSSR count). The molecule has 17 heteroatoms. The van der Waals surface area contributed by atoms with E-state index in [1.54, 1.807) is 6.92 Å². The van der Waals surface area contributed by atoms with E-state index in [1.807, 2.05) is 108 Å². The Kier molecular flexibility index (Phi) is 25.6. The zero-order chi connectivity index (χ0) is 53.9. The molecule has 4 atom stereocenters. The van der Waals surface area contributed by atoms with Gasteiger partial charge in [0.05, 0.1) is 96.9 Å². The Labute approximate surface area is 461 Å². The average Bonchev–Trinajstić information content (AvgIpc) is 3.43. The number of rotatable bonds is 34. The highest BCUT2D eigenvalue weighted by Gasteiger charge is 2.33. The number of benzene rings is 4. The highest BCUT2D eigenvalue weighted by atomic mass is 79.9. The number of ether oxygens (including phenoxy) is 7. The quantitative estimate of drug-likeness (QED) is 0.0174. The molecule has 0 saturated heterocycles. The van der Waals surface area contributed by atoms with E-state index in [0.29, 0.717) is 125 Å². The summed E-state index contributed by atoms with van der Waals surface area (Å²) in [5, 5.41) is 7.39. The number of hydrogen-bond acceptors (Lipinski definition) is 12. The summed E-state index contributed by atoms with van der Waals surface area (Å²) >= 11 is 9.48. The molecule has 0 aliphatic carbocycles. The molecule has 0 spiro atoms. The topological polar surface area (TPSA) is 160 Å². The van der Waals surface area contributed by atoms with Gasteiger partial charge in [0, 0.05) is 48.0 Å². The number of fused-ring (bicyclic) bond motifs is 1. The number of Topliss-reactive ketones (excluding diaryl/α,β-unsaturated/α-hetero) is 1. The van der Waals surface area contributed by atoms with Crippen molar-refractivity contribution in [1.82, 2.24) is 10.3 Å². The van der Waals surface area contributed by atoms with Crippen molar-refractivity contribution in [3.05, 3.63) is 153 Å². The summed E-state index contributed by atoms with van der Waals surface area (Å²) in [6.07, 6.45) is 3.60. The normalized spacial score (nSPS) is 14.8. The SMILES string of the molecule is [C-]#[N+]C(Cc1cccc(Br)n1)C(=O)NC(CCC)c1ccc(OCCOCCOCCOCCOCCOCCOCCCC(=O)c2ccc(-c3ccc4c(c3)[C@H](Nc3ccc(Cl)cc3)C[C@H](C)N4C(C)=O)cc2)cc1. The number of anilines is 2. The van der Waals surface area contributed by atoms with Gasteiger partial charge in [0.15, 0.2) is 5.78 Å². The van der Waals surface area contributed by atoms with E-state index < -0.39 is 6.04 Å². The van der Waals surface area contributed by atoms with Crippen LogP contribution in [0.25, 0.3) is 16.0 Å². The van der Waals surface area contributed by atoms with Gasteiger partial charge in [-0.3, -0.25) is 14.4 Å². The molecule has 0 bridgehead atoms. The molecular formula is C59H71BrClN5O10. The summed E-state index contributed by atoms with van der Waals surface area (Å²) < 4.78 is 40.2. The maximum absolute atomic E-state index is 13.1. The molecule has 0 radical (unpaired) electrons. The Morgan fingerprint density at radius 3 is 1.93 bits per heavy atom. The van der Waals surface area contributed by atoms with Crippen LogP contribution in [-0.2, 0) is 44.4 Å². The number of aromatic nitrogens is 1. The van der Waals surface area contributed by atoms with E-state index in [0.717, 1.165) is 52.9 Å². The smallest absolute Gasteiger partial charge is 0.305 e. The van der Waals surface area contributed by atoms with Gasteiger partial charge in [0.1, 0.15) is 17.0 Å². The van der Waals surface area contributed by atoms with Gasteiger partial charge in [-0.05, 0) is 125 Å². The molecule has 1 aliphatic rings. The summed E-state index contributed by atoms with van der Waals surface area (Å²) in [5.41, 5.74) is 7.20. The predicted molar refractivity (Wildman–Crippen MR) is 299 cm³/mol. The van der Waals surface area contributed by atoms with Gasteiger partial charge >= 0.3 is 11.9 Å². The maximum Gasteiger partial charge on any atom is 0.305 e. The third-order valence-electron chi connectivity index (χ3n) is 12.6. The molecule has 76 heavy (non-hydrogen) atoms. The highest BCUT2D eigenvalue weighted by molar-refractivity contribution is 9.10. The van der Waals surface area contributed by atoms with Crippen LogP contribution in [-0.4, -0.2) is 121 Å². The van der Waals surface area contributed by atoms with Gasteiger partial charge in [-0.15, -0.1) is 0 Å². The number of carbonyl (C=O) groups is 3. The van der Waals surface area contributed by atoms with Crippen LogP contribution in [0.1, 0.15) is 92.1 Å². The van der Waals surface area contributed by atoms with Crippen molar-refractivity contribution >= 4 is 56.5 Å².